The van der Waals surface area contributed by atoms with Crippen molar-refractivity contribution in [1.29, 1.82) is 0 Å². The molecule has 2 aromatic heterocycles. The number of hydrogen-bond donors (Lipinski definition) is 0. The smallest absolute Gasteiger partial charge is 0.274 e. The molecule has 1 amide bonds. The summed E-state index contributed by atoms with van der Waals surface area (Å²) in [5.74, 6) is 0.857. The number of benzene rings is 1. The molecule has 0 bridgehead atoms. The van der Waals surface area contributed by atoms with Crippen molar-refractivity contribution in [2.75, 3.05) is 13.1 Å². The van der Waals surface area contributed by atoms with Gasteiger partial charge < -0.3 is 4.90 Å². The Hall–Kier alpha value is -3.15. The van der Waals surface area contributed by atoms with E-state index in [1.54, 1.807) is 12.4 Å². The summed E-state index contributed by atoms with van der Waals surface area (Å²) in [7, 11) is 0. The third-order valence-electron chi connectivity index (χ3n) is 5.15. The number of aryl methyl sites for hydroxylation is 2. The van der Waals surface area contributed by atoms with Crippen molar-refractivity contribution in [3.05, 3.63) is 71.8 Å². The lowest BCUT2D eigenvalue weighted by Gasteiger charge is -2.33. The number of rotatable bonds is 3. The fourth-order valence-corrected chi connectivity index (χ4v) is 3.79. The number of nitrogens with zero attached hydrogens (tertiary/aromatic N) is 5. The minimum absolute atomic E-state index is 0.0688. The Labute approximate surface area is 164 Å². The van der Waals surface area contributed by atoms with Gasteiger partial charge in [0, 0.05) is 43.2 Å². The van der Waals surface area contributed by atoms with Gasteiger partial charge in [0.25, 0.3) is 5.91 Å². The maximum atomic E-state index is 12.8. The second-order valence-corrected chi connectivity index (χ2v) is 7.27. The number of likely N-dealkylation sites (tertiary alicyclic amines) is 1. The van der Waals surface area contributed by atoms with Gasteiger partial charge in [-0.2, -0.15) is 0 Å². The normalized spacial score (nSPS) is 16.8. The lowest BCUT2D eigenvalue weighted by molar-refractivity contribution is 0.0699. The summed E-state index contributed by atoms with van der Waals surface area (Å²) in [6.45, 7) is 5.36. The first kappa shape index (κ1) is 18.2. The number of piperidine rings is 1. The zero-order chi connectivity index (χ0) is 19.5. The van der Waals surface area contributed by atoms with Crippen LogP contribution in [0.1, 0.15) is 46.3 Å². The molecule has 4 rings (SSSR count). The first-order chi connectivity index (χ1) is 13.6. The van der Waals surface area contributed by atoms with E-state index in [1.807, 2.05) is 18.0 Å². The quantitative estimate of drug-likeness (QED) is 0.702. The molecule has 0 aliphatic carbocycles. The molecule has 0 spiro atoms. The van der Waals surface area contributed by atoms with Gasteiger partial charge in [-0.3, -0.25) is 9.78 Å². The lowest BCUT2D eigenvalue weighted by atomic mass is 9.89. The highest BCUT2D eigenvalue weighted by Crippen LogP contribution is 2.33. The zero-order valence-electron chi connectivity index (χ0n) is 16.2. The van der Waals surface area contributed by atoms with Crippen molar-refractivity contribution >= 4 is 5.91 Å². The third-order valence-corrected chi connectivity index (χ3v) is 5.15. The molecule has 3 heterocycles. The van der Waals surface area contributed by atoms with E-state index >= 15 is 0 Å². The van der Waals surface area contributed by atoms with Crippen LogP contribution in [0.5, 0.6) is 0 Å². The summed E-state index contributed by atoms with van der Waals surface area (Å²) < 4.78 is 0. The Morgan fingerprint density at radius 2 is 2.04 bits per heavy atom. The number of amides is 1. The fourth-order valence-electron chi connectivity index (χ4n) is 3.79. The van der Waals surface area contributed by atoms with Gasteiger partial charge >= 0.3 is 0 Å². The number of carbonyl (C=O) groups is 1. The van der Waals surface area contributed by atoms with E-state index in [2.05, 4.69) is 46.1 Å². The molecule has 0 N–H and O–H groups in total. The molecule has 6 heteroatoms. The van der Waals surface area contributed by atoms with E-state index in [1.165, 1.54) is 11.8 Å². The highest BCUT2D eigenvalue weighted by Gasteiger charge is 2.29. The SMILES string of the molecule is Cc1cccc(-c2cnc(C)nc2[C@H]2CCCN(C(=O)c3cnccn3)C2)c1. The molecule has 0 saturated carbocycles. The maximum absolute atomic E-state index is 12.8. The third kappa shape index (κ3) is 3.76. The van der Waals surface area contributed by atoms with Crippen LogP contribution in [0.25, 0.3) is 11.1 Å². The lowest BCUT2D eigenvalue weighted by Crippen LogP contribution is -2.39. The molecule has 1 atom stereocenters. The molecular formula is C22H23N5O. The Kier molecular flexibility index (Phi) is 5.10. The standard InChI is InChI=1S/C22H23N5O/c1-15-5-3-6-17(11-15)19-12-25-16(2)26-21(19)18-7-4-10-27(14-18)22(28)20-13-23-8-9-24-20/h3,5-6,8-9,11-13,18H,4,7,10,14H2,1-2H3/t18-/m0/s1. The fraction of sp³-hybridized carbons (Fsp3) is 0.318. The summed E-state index contributed by atoms with van der Waals surface area (Å²) in [6.07, 6.45) is 8.51. The van der Waals surface area contributed by atoms with Gasteiger partial charge in [-0.1, -0.05) is 29.8 Å². The topological polar surface area (TPSA) is 71.9 Å². The highest BCUT2D eigenvalue weighted by atomic mass is 16.2. The van der Waals surface area contributed by atoms with E-state index in [4.69, 9.17) is 4.98 Å². The Morgan fingerprint density at radius 1 is 1.14 bits per heavy atom. The molecule has 28 heavy (non-hydrogen) atoms. The second-order valence-electron chi connectivity index (χ2n) is 7.27. The van der Waals surface area contributed by atoms with Crippen molar-refractivity contribution in [3.8, 4) is 11.1 Å². The first-order valence-corrected chi connectivity index (χ1v) is 9.57. The van der Waals surface area contributed by atoms with Gasteiger partial charge in [0.05, 0.1) is 11.9 Å². The predicted molar refractivity (Wildman–Crippen MR) is 107 cm³/mol. The Balaban J connectivity index is 1.65. The average molecular weight is 373 g/mol. The van der Waals surface area contributed by atoms with E-state index in [9.17, 15) is 4.79 Å². The molecule has 1 aromatic carbocycles. The molecule has 1 saturated heterocycles. The minimum atomic E-state index is -0.0688. The molecule has 1 fully saturated rings. The van der Waals surface area contributed by atoms with Crippen molar-refractivity contribution in [2.45, 2.75) is 32.6 Å². The van der Waals surface area contributed by atoms with Crippen molar-refractivity contribution in [2.24, 2.45) is 0 Å². The molecule has 1 aliphatic rings. The summed E-state index contributed by atoms with van der Waals surface area (Å²) in [6, 6.07) is 8.39. The van der Waals surface area contributed by atoms with Crippen LogP contribution < -0.4 is 0 Å². The number of aromatic nitrogens is 4. The number of hydrogen-bond acceptors (Lipinski definition) is 5. The van der Waals surface area contributed by atoms with E-state index in [-0.39, 0.29) is 11.8 Å². The summed E-state index contributed by atoms with van der Waals surface area (Å²) >= 11 is 0. The van der Waals surface area contributed by atoms with Gasteiger partial charge in [0.1, 0.15) is 11.5 Å². The van der Waals surface area contributed by atoms with Gasteiger partial charge in [-0.05, 0) is 32.3 Å². The molecule has 6 nitrogen and oxygen atoms in total. The predicted octanol–water partition coefficient (Wildman–Crippen LogP) is 3.57. The van der Waals surface area contributed by atoms with E-state index in [0.717, 1.165) is 42.0 Å². The number of carbonyl (C=O) groups excluding carboxylic acids is 1. The van der Waals surface area contributed by atoms with Crippen LogP contribution in [0.3, 0.4) is 0 Å². The van der Waals surface area contributed by atoms with Crippen LogP contribution >= 0.6 is 0 Å². The van der Waals surface area contributed by atoms with Crippen LogP contribution in [-0.2, 0) is 0 Å². The summed E-state index contributed by atoms with van der Waals surface area (Å²) in [5, 5.41) is 0. The molecule has 3 aromatic rings. The molecular weight excluding hydrogens is 350 g/mol. The van der Waals surface area contributed by atoms with E-state index in [0.29, 0.717) is 12.2 Å². The highest BCUT2D eigenvalue weighted by molar-refractivity contribution is 5.92. The maximum Gasteiger partial charge on any atom is 0.274 e. The van der Waals surface area contributed by atoms with Crippen LogP contribution in [0.15, 0.2) is 49.1 Å². The molecule has 1 aliphatic heterocycles. The molecule has 0 radical (unpaired) electrons. The first-order valence-electron chi connectivity index (χ1n) is 9.57. The summed E-state index contributed by atoms with van der Waals surface area (Å²) in [4.78, 5) is 32.1. The Morgan fingerprint density at radius 3 is 2.82 bits per heavy atom. The van der Waals surface area contributed by atoms with Gasteiger partial charge in [-0.25, -0.2) is 15.0 Å². The second kappa shape index (κ2) is 7.84. The van der Waals surface area contributed by atoms with Crippen molar-refractivity contribution < 1.29 is 4.79 Å². The van der Waals surface area contributed by atoms with Crippen LogP contribution in [0, 0.1) is 13.8 Å². The van der Waals surface area contributed by atoms with Gasteiger partial charge in [0.2, 0.25) is 0 Å². The van der Waals surface area contributed by atoms with Crippen LogP contribution in [0.4, 0.5) is 0 Å². The van der Waals surface area contributed by atoms with Crippen molar-refractivity contribution in [3.63, 3.8) is 0 Å². The molecule has 142 valence electrons. The van der Waals surface area contributed by atoms with Crippen molar-refractivity contribution in [1.82, 2.24) is 24.8 Å². The largest absolute Gasteiger partial charge is 0.337 e. The van der Waals surface area contributed by atoms with Gasteiger partial charge in [-0.15, -0.1) is 0 Å². The summed E-state index contributed by atoms with van der Waals surface area (Å²) in [5.41, 5.74) is 4.78. The van der Waals surface area contributed by atoms with Crippen LogP contribution in [0.2, 0.25) is 0 Å². The average Bonchev–Trinajstić information content (AvgIpc) is 2.74. The zero-order valence-corrected chi connectivity index (χ0v) is 16.2. The minimum Gasteiger partial charge on any atom is -0.337 e. The van der Waals surface area contributed by atoms with E-state index < -0.39 is 0 Å². The van der Waals surface area contributed by atoms with Crippen LogP contribution in [-0.4, -0.2) is 43.8 Å². The van der Waals surface area contributed by atoms with Gasteiger partial charge in [0.15, 0.2) is 0 Å². The monoisotopic (exact) mass is 373 g/mol. The Bertz CT molecular complexity index is 989. The molecule has 0 unspecified atom stereocenters.